The number of piperidine rings is 1. The van der Waals surface area contributed by atoms with Crippen molar-refractivity contribution < 1.29 is 13.6 Å². The molecule has 0 bridgehead atoms. The van der Waals surface area contributed by atoms with Gasteiger partial charge in [-0.2, -0.15) is 0 Å². The first kappa shape index (κ1) is 13.0. The number of hydrogen-bond donors (Lipinski definition) is 0. The Balaban J connectivity index is 2.22. The first-order valence-electron chi connectivity index (χ1n) is 6.21. The van der Waals surface area contributed by atoms with Crippen LogP contribution in [0.15, 0.2) is 18.2 Å². The van der Waals surface area contributed by atoms with Crippen molar-refractivity contribution >= 4 is 5.91 Å². The molecule has 0 spiro atoms. The Labute approximate surface area is 106 Å². The highest BCUT2D eigenvalue weighted by molar-refractivity contribution is 5.94. The van der Waals surface area contributed by atoms with E-state index in [1.54, 1.807) is 4.90 Å². The minimum atomic E-state index is -0.660. The van der Waals surface area contributed by atoms with Crippen LogP contribution in [0.1, 0.15) is 30.6 Å². The number of hydrogen-bond acceptors (Lipinski definition) is 1. The number of carbonyl (C=O) groups is 1. The van der Waals surface area contributed by atoms with E-state index in [-0.39, 0.29) is 5.56 Å². The second-order valence-electron chi connectivity index (χ2n) is 5.28. The summed E-state index contributed by atoms with van der Waals surface area (Å²) in [6.07, 6.45) is 1.06. The zero-order valence-electron chi connectivity index (χ0n) is 10.6. The first-order valence-corrected chi connectivity index (χ1v) is 6.21. The minimum Gasteiger partial charge on any atom is -0.338 e. The molecule has 2 rings (SSSR count). The quantitative estimate of drug-likeness (QED) is 0.753. The third-order valence-corrected chi connectivity index (χ3v) is 3.31. The lowest BCUT2D eigenvalue weighted by molar-refractivity contribution is 0.0618. The van der Waals surface area contributed by atoms with Crippen molar-refractivity contribution in [2.75, 3.05) is 13.1 Å². The van der Waals surface area contributed by atoms with E-state index < -0.39 is 17.5 Å². The van der Waals surface area contributed by atoms with Crippen molar-refractivity contribution in [3.8, 4) is 0 Å². The summed E-state index contributed by atoms with van der Waals surface area (Å²) in [6, 6.07) is 2.99. The highest BCUT2D eigenvalue weighted by atomic mass is 19.1. The lowest BCUT2D eigenvalue weighted by Crippen LogP contribution is -2.42. The molecule has 1 aromatic carbocycles. The van der Waals surface area contributed by atoms with Crippen LogP contribution in [0.5, 0.6) is 0 Å². The van der Waals surface area contributed by atoms with Crippen LogP contribution in [-0.4, -0.2) is 23.9 Å². The molecule has 1 fully saturated rings. The number of amides is 1. The smallest absolute Gasteiger partial charge is 0.256 e. The summed E-state index contributed by atoms with van der Waals surface area (Å²) in [6.45, 7) is 5.36. The summed E-state index contributed by atoms with van der Waals surface area (Å²) in [4.78, 5) is 13.8. The van der Waals surface area contributed by atoms with Gasteiger partial charge in [0.2, 0.25) is 0 Å². The number of benzene rings is 1. The molecule has 2 atom stereocenters. The van der Waals surface area contributed by atoms with E-state index in [0.29, 0.717) is 24.9 Å². The summed E-state index contributed by atoms with van der Waals surface area (Å²) >= 11 is 0. The summed E-state index contributed by atoms with van der Waals surface area (Å²) in [5.41, 5.74) is -0.170. The Kier molecular flexibility index (Phi) is 3.64. The highest BCUT2D eigenvalue weighted by Crippen LogP contribution is 2.23. The Morgan fingerprint density at radius 1 is 1.22 bits per heavy atom. The van der Waals surface area contributed by atoms with Crippen molar-refractivity contribution in [3.05, 3.63) is 35.4 Å². The zero-order valence-corrected chi connectivity index (χ0v) is 10.6. The van der Waals surface area contributed by atoms with E-state index in [1.807, 2.05) is 0 Å². The third-order valence-electron chi connectivity index (χ3n) is 3.31. The normalized spacial score (nSPS) is 24.1. The lowest BCUT2D eigenvalue weighted by Gasteiger charge is -2.35. The average Bonchev–Trinajstić information content (AvgIpc) is 2.30. The monoisotopic (exact) mass is 253 g/mol. The van der Waals surface area contributed by atoms with Gasteiger partial charge in [0.05, 0.1) is 5.56 Å². The minimum absolute atomic E-state index is 0.170. The standard InChI is InChI=1S/C14H17F2NO/c1-9-5-10(2)8-17(7-9)14(18)12-6-11(15)3-4-13(12)16/h3-4,6,9-10H,5,7-8H2,1-2H3. The van der Waals surface area contributed by atoms with Gasteiger partial charge in [-0.1, -0.05) is 13.8 Å². The largest absolute Gasteiger partial charge is 0.338 e. The fourth-order valence-corrected chi connectivity index (χ4v) is 2.66. The van der Waals surface area contributed by atoms with Crippen LogP contribution in [0.4, 0.5) is 8.78 Å². The van der Waals surface area contributed by atoms with E-state index in [1.165, 1.54) is 0 Å². The molecular formula is C14H17F2NO. The maximum absolute atomic E-state index is 13.6. The molecule has 2 nitrogen and oxygen atoms in total. The van der Waals surface area contributed by atoms with E-state index in [9.17, 15) is 13.6 Å². The van der Waals surface area contributed by atoms with Gasteiger partial charge in [0, 0.05) is 13.1 Å². The molecule has 4 heteroatoms. The van der Waals surface area contributed by atoms with Gasteiger partial charge < -0.3 is 4.90 Å². The molecule has 0 radical (unpaired) electrons. The zero-order chi connectivity index (χ0) is 13.3. The number of nitrogens with zero attached hydrogens (tertiary/aromatic N) is 1. The van der Waals surface area contributed by atoms with Gasteiger partial charge in [-0.3, -0.25) is 4.79 Å². The van der Waals surface area contributed by atoms with Crippen LogP contribution in [0, 0.1) is 23.5 Å². The Hall–Kier alpha value is -1.45. The van der Waals surface area contributed by atoms with Gasteiger partial charge in [0.25, 0.3) is 5.91 Å². The summed E-state index contributed by atoms with van der Waals surface area (Å²) in [7, 11) is 0. The lowest BCUT2D eigenvalue weighted by atomic mass is 9.91. The molecule has 18 heavy (non-hydrogen) atoms. The van der Waals surface area contributed by atoms with Crippen LogP contribution in [0.3, 0.4) is 0 Å². The molecule has 1 aliphatic heterocycles. The SMILES string of the molecule is CC1CC(C)CN(C(=O)c2cc(F)ccc2F)C1. The van der Waals surface area contributed by atoms with Crippen molar-refractivity contribution in [3.63, 3.8) is 0 Å². The molecular weight excluding hydrogens is 236 g/mol. The fraction of sp³-hybridized carbons (Fsp3) is 0.500. The average molecular weight is 253 g/mol. The molecule has 1 aliphatic rings. The summed E-state index contributed by atoms with van der Waals surface area (Å²) in [5.74, 6) is -0.862. The van der Waals surface area contributed by atoms with Crippen LogP contribution in [-0.2, 0) is 0 Å². The second kappa shape index (κ2) is 5.04. The maximum atomic E-state index is 13.6. The number of halogens is 2. The Bertz CT molecular complexity index is 451. The summed E-state index contributed by atoms with van der Waals surface area (Å²) < 4.78 is 26.6. The molecule has 0 aromatic heterocycles. The molecule has 0 aliphatic carbocycles. The molecule has 0 N–H and O–H groups in total. The predicted octanol–water partition coefficient (Wildman–Crippen LogP) is 3.08. The van der Waals surface area contributed by atoms with E-state index in [0.717, 1.165) is 24.6 Å². The maximum Gasteiger partial charge on any atom is 0.256 e. The summed E-state index contributed by atoms with van der Waals surface area (Å²) in [5, 5.41) is 0. The third kappa shape index (κ3) is 2.68. The fourth-order valence-electron chi connectivity index (χ4n) is 2.66. The Morgan fingerprint density at radius 2 is 1.83 bits per heavy atom. The highest BCUT2D eigenvalue weighted by Gasteiger charge is 2.27. The molecule has 0 saturated carbocycles. The van der Waals surface area contributed by atoms with Crippen molar-refractivity contribution in [1.29, 1.82) is 0 Å². The molecule has 1 amide bonds. The van der Waals surface area contributed by atoms with Crippen LogP contribution in [0.25, 0.3) is 0 Å². The van der Waals surface area contributed by atoms with Crippen LogP contribution < -0.4 is 0 Å². The second-order valence-corrected chi connectivity index (χ2v) is 5.28. The molecule has 1 aromatic rings. The van der Waals surface area contributed by atoms with Crippen molar-refractivity contribution in [2.24, 2.45) is 11.8 Å². The molecule has 2 unspecified atom stereocenters. The van der Waals surface area contributed by atoms with Gasteiger partial charge in [0.15, 0.2) is 0 Å². The molecule has 98 valence electrons. The first-order chi connectivity index (χ1) is 8.47. The number of carbonyl (C=O) groups excluding carboxylic acids is 1. The van der Waals surface area contributed by atoms with Crippen LogP contribution in [0.2, 0.25) is 0 Å². The van der Waals surface area contributed by atoms with Crippen LogP contribution >= 0.6 is 0 Å². The molecule has 1 saturated heterocycles. The van der Waals surface area contributed by atoms with Crippen molar-refractivity contribution in [1.82, 2.24) is 4.90 Å². The Morgan fingerprint density at radius 3 is 2.44 bits per heavy atom. The number of rotatable bonds is 1. The van der Waals surface area contributed by atoms with Gasteiger partial charge >= 0.3 is 0 Å². The van der Waals surface area contributed by atoms with Gasteiger partial charge in [-0.15, -0.1) is 0 Å². The number of likely N-dealkylation sites (tertiary alicyclic amines) is 1. The predicted molar refractivity (Wildman–Crippen MR) is 65.2 cm³/mol. The van der Waals surface area contributed by atoms with Gasteiger partial charge in [-0.05, 0) is 36.5 Å². The topological polar surface area (TPSA) is 20.3 Å². The molecule has 1 heterocycles. The van der Waals surface area contributed by atoms with Crippen molar-refractivity contribution in [2.45, 2.75) is 20.3 Å². The van der Waals surface area contributed by atoms with Gasteiger partial charge in [0.1, 0.15) is 11.6 Å². The van der Waals surface area contributed by atoms with E-state index in [2.05, 4.69) is 13.8 Å². The van der Waals surface area contributed by atoms with E-state index >= 15 is 0 Å². The van der Waals surface area contributed by atoms with Gasteiger partial charge in [-0.25, -0.2) is 8.78 Å². The van der Waals surface area contributed by atoms with E-state index in [4.69, 9.17) is 0 Å².